The summed E-state index contributed by atoms with van der Waals surface area (Å²) in [7, 11) is -3.88. The average molecular weight is 484 g/mol. The second-order valence-corrected chi connectivity index (χ2v) is 11.4. The highest BCUT2D eigenvalue weighted by molar-refractivity contribution is 9.10. The molecule has 30 heavy (non-hydrogen) atoms. The third-order valence-electron chi connectivity index (χ3n) is 5.65. The van der Waals surface area contributed by atoms with Gasteiger partial charge in [0.2, 0.25) is 5.91 Å². The molecule has 1 heterocycles. The third kappa shape index (κ3) is 3.48. The van der Waals surface area contributed by atoms with Crippen LogP contribution < -0.4 is 0 Å². The first-order valence-corrected chi connectivity index (χ1v) is 12.0. The van der Waals surface area contributed by atoms with Gasteiger partial charge < -0.3 is 4.90 Å². The normalized spacial score (nSPS) is 13.9. The van der Waals surface area contributed by atoms with Gasteiger partial charge >= 0.3 is 0 Å². The van der Waals surface area contributed by atoms with E-state index in [1.54, 1.807) is 17.0 Å². The number of hydrogen-bond donors (Lipinski definition) is 0. The Morgan fingerprint density at radius 1 is 0.833 bits per heavy atom. The molecule has 4 rings (SSSR count). The van der Waals surface area contributed by atoms with Crippen LogP contribution >= 0.6 is 15.9 Å². The van der Waals surface area contributed by atoms with Crippen molar-refractivity contribution in [2.45, 2.75) is 36.6 Å². The number of amides is 1. The highest BCUT2D eigenvalue weighted by Gasteiger charge is 2.45. The number of rotatable bonds is 3. The standard InChI is InChI=1S/C24H22BrNO3S/c1-24(2,30(28,29)20-13-11-19(25)12-14-20)23(27)26-15-17-7-3-5-9-21(17)22-10-6-4-8-18(22)16-26/h3-14H,15-16H2,1-2H3. The molecular formula is C24H22BrNO3S. The summed E-state index contributed by atoms with van der Waals surface area (Å²) in [4.78, 5) is 15.4. The summed E-state index contributed by atoms with van der Waals surface area (Å²) in [5.74, 6) is -0.406. The first-order valence-electron chi connectivity index (χ1n) is 9.67. The van der Waals surface area contributed by atoms with Crippen molar-refractivity contribution < 1.29 is 13.2 Å². The third-order valence-corrected chi connectivity index (χ3v) is 8.59. The molecule has 3 aromatic carbocycles. The molecule has 0 aromatic heterocycles. The molecular weight excluding hydrogens is 462 g/mol. The monoisotopic (exact) mass is 483 g/mol. The molecule has 1 aliphatic rings. The van der Waals surface area contributed by atoms with Crippen molar-refractivity contribution in [3.8, 4) is 11.1 Å². The fraction of sp³-hybridized carbons (Fsp3) is 0.208. The molecule has 0 unspecified atom stereocenters. The van der Waals surface area contributed by atoms with Crippen molar-refractivity contribution in [1.29, 1.82) is 0 Å². The molecule has 0 spiro atoms. The van der Waals surface area contributed by atoms with Gasteiger partial charge in [-0.1, -0.05) is 64.5 Å². The molecule has 0 bridgehead atoms. The predicted molar refractivity (Wildman–Crippen MR) is 122 cm³/mol. The first-order chi connectivity index (χ1) is 14.2. The van der Waals surface area contributed by atoms with E-state index >= 15 is 0 Å². The van der Waals surface area contributed by atoms with Crippen LogP contribution in [0.3, 0.4) is 0 Å². The molecule has 3 aromatic rings. The van der Waals surface area contributed by atoms with Crippen LogP contribution in [0.25, 0.3) is 11.1 Å². The van der Waals surface area contributed by atoms with E-state index in [1.165, 1.54) is 26.0 Å². The van der Waals surface area contributed by atoms with E-state index in [4.69, 9.17) is 0 Å². The lowest BCUT2D eigenvalue weighted by molar-refractivity contribution is -0.134. The van der Waals surface area contributed by atoms with Gasteiger partial charge in [-0.05, 0) is 60.4 Å². The SMILES string of the molecule is CC(C)(C(=O)N1Cc2ccccc2-c2ccccc2C1)S(=O)(=O)c1ccc(Br)cc1. The van der Waals surface area contributed by atoms with Gasteiger partial charge in [0.15, 0.2) is 9.84 Å². The van der Waals surface area contributed by atoms with Gasteiger partial charge in [-0.2, -0.15) is 0 Å². The maximum absolute atomic E-state index is 13.6. The van der Waals surface area contributed by atoms with Crippen LogP contribution in [0.1, 0.15) is 25.0 Å². The van der Waals surface area contributed by atoms with Gasteiger partial charge in [-0.15, -0.1) is 0 Å². The van der Waals surface area contributed by atoms with Gasteiger partial charge in [-0.25, -0.2) is 8.42 Å². The molecule has 6 heteroatoms. The summed E-state index contributed by atoms with van der Waals surface area (Å²) in [6.45, 7) is 3.72. The van der Waals surface area contributed by atoms with Crippen LogP contribution in [0.5, 0.6) is 0 Å². The molecule has 4 nitrogen and oxygen atoms in total. The van der Waals surface area contributed by atoms with Crippen LogP contribution in [0.15, 0.2) is 82.2 Å². The Morgan fingerprint density at radius 3 is 1.80 bits per heavy atom. The zero-order chi connectivity index (χ0) is 21.5. The van der Waals surface area contributed by atoms with Crippen molar-refractivity contribution in [3.05, 3.63) is 88.4 Å². The van der Waals surface area contributed by atoms with Gasteiger partial charge in [0.25, 0.3) is 0 Å². The number of benzene rings is 3. The number of hydrogen-bond acceptors (Lipinski definition) is 3. The molecule has 1 amide bonds. The average Bonchev–Trinajstić information content (AvgIpc) is 2.90. The van der Waals surface area contributed by atoms with Crippen LogP contribution in [0, 0.1) is 0 Å². The van der Waals surface area contributed by atoms with Gasteiger partial charge in [-0.3, -0.25) is 4.79 Å². The van der Waals surface area contributed by atoms with Gasteiger partial charge in [0, 0.05) is 17.6 Å². The summed E-state index contributed by atoms with van der Waals surface area (Å²) in [5.41, 5.74) is 4.18. The molecule has 0 saturated heterocycles. The lowest BCUT2D eigenvalue weighted by Gasteiger charge is -2.31. The minimum Gasteiger partial charge on any atom is -0.333 e. The summed E-state index contributed by atoms with van der Waals surface area (Å²) in [6.07, 6.45) is 0. The smallest absolute Gasteiger partial charge is 0.244 e. The van der Waals surface area contributed by atoms with Crippen LogP contribution in [-0.2, 0) is 27.7 Å². The topological polar surface area (TPSA) is 54.5 Å². The fourth-order valence-electron chi connectivity index (χ4n) is 3.86. The second kappa shape index (κ2) is 7.67. The number of nitrogens with zero attached hydrogens (tertiary/aromatic N) is 1. The van der Waals surface area contributed by atoms with Crippen molar-refractivity contribution in [2.75, 3.05) is 0 Å². The summed E-state index contributed by atoms with van der Waals surface area (Å²) < 4.78 is 25.9. The molecule has 0 saturated carbocycles. The summed E-state index contributed by atoms with van der Waals surface area (Å²) >= 11 is 3.32. The number of carbonyl (C=O) groups excluding carboxylic acids is 1. The number of fused-ring (bicyclic) bond motifs is 3. The quantitative estimate of drug-likeness (QED) is 0.513. The van der Waals surface area contributed by atoms with E-state index in [0.717, 1.165) is 26.7 Å². The Hall–Kier alpha value is -2.44. The van der Waals surface area contributed by atoms with Gasteiger partial charge in [0.05, 0.1) is 4.90 Å². The highest BCUT2D eigenvalue weighted by Crippen LogP contribution is 2.35. The Morgan fingerprint density at radius 2 is 1.30 bits per heavy atom. The Balaban J connectivity index is 1.75. The lowest BCUT2D eigenvalue weighted by Crippen LogP contribution is -2.49. The largest absolute Gasteiger partial charge is 0.333 e. The lowest BCUT2D eigenvalue weighted by atomic mass is 9.97. The minimum absolute atomic E-state index is 0.139. The molecule has 0 N–H and O–H groups in total. The number of carbonyl (C=O) groups is 1. The van der Waals surface area contributed by atoms with Crippen LogP contribution in [0.4, 0.5) is 0 Å². The first kappa shape index (κ1) is 20.8. The second-order valence-electron chi connectivity index (χ2n) is 7.94. The molecule has 154 valence electrons. The highest BCUT2D eigenvalue weighted by atomic mass is 79.9. The number of sulfone groups is 1. The molecule has 0 atom stereocenters. The van der Waals surface area contributed by atoms with Crippen molar-refractivity contribution >= 4 is 31.7 Å². The van der Waals surface area contributed by atoms with E-state index in [2.05, 4.69) is 15.9 Å². The maximum Gasteiger partial charge on any atom is 0.244 e. The zero-order valence-corrected chi connectivity index (χ0v) is 19.2. The number of halogens is 1. The Bertz CT molecular complexity index is 1170. The van der Waals surface area contributed by atoms with E-state index < -0.39 is 20.5 Å². The van der Waals surface area contributed by atoms with E-state index in [0.29, 0.717) is 13.1 Å². The Kier molecular flexibility index (Phi) is 5.32. The maximum atomic E-state index is 13.6. The van der Waals surface area contributed by atoms with Gasteiger partial charge in [0.1, 0.15) is 4.75 Å². The van der Waals surface area contributed by atoms with Crippen molar-refractivity contribution in [3.63, 3.8) is 0 Å². The Labute approximate surface area is 185 Å². The zero-order valence-electron chi connectivity index (χ0n) is 16.8. The van der Waals surface area contributed by atoms with Crippen molar-refractivity contribution in [2.24, 2.45) is 0 Å². The molecule has 0 aliphatic carbocycles. The molecule has 0 radical (unpaired) electrons. The fourth-order valence-corrected chi connectivity index (χ4v) is 5.56. The van der Waals surface area contributed by atoms with E-state index in [1.807, 2.05) is 48.5 Å². The molecule has 1 aliphatic heterocycles. The van der Waals surface area contributed by atoms with E-state index in [9.17, 15) is 13.2 Å². The van der Waals surface area contributed by atoms with E-state index in [-0.39, 0.29) is 4.90 Å². The van der Waals surface area contributed by atoms with Crippen molar-refractivity contribution in [1.82, 2.24) is 4.90 Å². The predicted octanol–water partition coefficient (Wildman–Crippen LogP) is 5.21. The summed E-state index contributed by atoms with van der Waals surface area (Å²) in [5, 5.41) is 0. The molecule has 0 fully saturated rings. The van der Waals surface area contributed by atoms with Crippen LogP contribution in [0.2, 0.25) is 0 Å². The minimum atomic E-state index is -3.88. The van der Waals surface area contributed by atoms with Crippen LogP contribution in [-0.4, -0.2) is 24.0 Å². The summed E-state index contributed by atoms with van der Waals surface area (Å²) in [6, 6.07) is 22.3.